The van der Waals surface area contributed by atoms with Crippen LogP contribution in [0.25, 0.3) is 11.1 Å². The van der Waals surface area contributed by atoms with Crippen LogP contribution in [0.15, 0.2) is 61.1 Å². The molecule has 0 unspecified atom stereocenters. The monoisotopic (exact) mass is 332 g/mol. The summed E-state index contributed by atoms with van der Waals surface area (Å²) in [6.07, 6.45) is 4.35. The molecule has 0 radical (unpaired) electrons. The Labute approximate surface area is 144 Å². The molecule has 25 heavy (non-hydrogen) atoms. The number of hydrogen-bond donors (Lipinski definition) is 2. The van der Waals surface area contributed by atoms with Gasteiger partial charge in [0.2, 0.25) is 0 Å². The van der Waals surface area contributed by atoms with E-state index in [2.05, 4.69) is 15.3 Å². The Hall–Kier alpha value is -3.54. The molecule has 0 bridgehead atoms. The summed E-state index contributed by atoms with van der Waals surface area (Å²) in [7, 11) is 0. The molecule has 0 saturated carbocycles. The van der Waals surface area contributed by atoms with Crippen molar-refractivity contribution >= 4 is 23.1 Å². The summed E-state index contributed by atoms with van der Waals surface area (Å²) in [5.74, 6) is -0.375. The lowest BCUT2D eigenvalue weighted by Crippen LogP contribution is -2.14. The Balaban J connectivity index is 1.95. The Bertz CT molecular complexity index is 922. The molecule has 6 heteroatoms. The van der Waals surface area contributed by atoms with Gasteiger partial charge in [0.15, 0.2) is 5.78 Å². The SMILES string of the molecule is CC(=O)c1ccc(-c2ccc(N)cc2NC(=O)c2cnccn2)cc1. The zero-order chi connectivity index (χ0) is 17.8. The maximum Gasteiger partial charge on any atom is 0.275 e. The van der Waals surface area contributed by atoms with Crippen molar-refractivity contribution in [1.82, 2.24) is 9.97 Å². The van der Waals surface area contributed by atoms with E-state index in [1.54, 1.807) is 24.3 Å². The number of anilines is 2. The van der Waals surface area contributed by atoms with Gasteiger partial charge >= 0.3 is 0 Å². The average molecular weight is 332 g/mol. The van der Waals surface area contributed by atoms with Gasteiger partial charge in [-0.3, -0.25) is 14.6 Å². The predicted molar refractivity (Wildman–Crippen MR) is 96.3 cm³/mol. The molecular formula is C19H16N4O2. The van der Waals surface area contributed by atoms with Crippen molar-refractivity contribution in [1.29, 1.82) is 0 Å². The Morgan fingerprint density at radius 3 is 2.44 bits per heavy atom. The lowest BCUT2D eigenvalue weighted by atomic mass is 10.0. The van der Waals surface area contributed by atoms with E-state index in [0.29, 0.717) is 16.9 Å². The minimum Gasteiger partial charge on any atom is -0.399 e. The average Bonchev–Trinajstić information content (AvgIpc) is 2.63. The number of rotatable bonds is 4. The molecule has 0 fully saturated rings. The molecule has 2 aromatic carbocycles. The standard InChI is InChI=1S/C19H16N4O2/c1-12(24)13-2-4-14(5-3-13)16-7-6-15(20)10-17(16)23-19(25)18-11-21-8-9-22-18/h2-11H,20H2,1H3,(H,23,25). The normalized spacial score (nSPS) is 10.3. The van der Waals surface area contributed by atoms with Crippen LogP contribution in [-0.2, 0) is 0 Å². The van der Waals surface area contributed by atoms with Crippen LogP contribution in [0.2, 0.25) is 0 Å². The third-order valence-corrected chi connectivity index (χ3v) is 3.69. The second-order valence-corrected chi connectivity index (χ2v) is 5.48. The Kier molecular flexibility index (Phi) is 4.52. The summed E-state index contributed by atoms with van der Waals surface area (Å²) in [6, 6.07) is 12.4. The van der Waals surface area contributed by atoms with Gasteiger partial charge in [0, 0.05) is 29.2 Å². The van der Waals surface area contributed by atoms with Crippen LogP contribution in [0.3, 0.4) is 0 Å². The third-order valence-electron chi connectivity index (χ3n) is 3.69. The third kappa shape index (κ3) is 3.69. The maximum atomic E-state index is 12.4. The van der Waals surface area contributed by atoms with Crippen LogP contribution >= 0.6 is 0 Å². The van der Waals surface area contributed by atoms with E-state index in [9.17, 15) is 9.59 Å². The van der Waals surface area contributed by atoms with E-state index < -0.39 is 0 Å². The lowest BCUT2D eigenvalue weighted by molar-refractivity contribution is 0.101. The molecule has 3 aromatic rings. The molecule has 124 valence electrons. The summed E-state index contributed by atoms with van der Waals surface area (Å²) in [5.41, 5.74) is 9.44. The number of aromatic nitrogens is 2. The first-order valence-corrected chi connectivity index (χ1v) is 7.63. The summed E-state index contributed by atoms with van der Waals surface area (Å²) >= 11 is 0. The highest BCUT2D eigenvalue weighted by atomic mass is 16.2. The number of nitrogens with two attached hydrogens (primary N) is 1. The van der Waals surface area contributed by atoms with E-state index in [4.69, 9.17) is 5.73 Å². The number of nitrogen functional groups attached to an aromatic ring is 1. The first kappa shape index (κ1) is 16.3. The minimum atomic E-state index is -0.375. The van der Waals surface area contributed by atoms with Crippen LogP contribution in [-0.4, -0.2) is 21.7 Å². The molecule has 1 heterocycles. The summed E-state index contributed by atoms with van der Waals surface area (Å²) < 4.78 is 0. The summed E-state index contributed by atoms with van der Waals surface area (Å²) in [6.45, 7) is 1.52. The number of ketones is 1. The molecule has 3 N–H and O–H groups in total. The largest absolute Gasteiger partial charge is 0.399 e. The number of carbonyl (C=O) groups is 2. The van der Waals surface area contributed by atoms with Gasteiger partial charge in [-0.15, -0.1) is 0 Å². The lowest BCUT2D eigenvalue weighted by Gasteiger charge is -2.12. The van der Waals surface area contributed by atoms with E-state index in [0.717, 1.165) is 11.1 Å². The molecule has 0 spiro atoms. The van der Waals surface area contributed by atoms with Crippen molar-refractivity contribution < 1.29 is 9.59 Å². The maximum absolute atomic E-state index is 12.4. The molecule has 0 saturated heterocycles. The van der Waals surface area contributed by atoms with Crippen LogP contribution < -0.4 is 11.1 Å². The van der Waals surface area contributed by atoms with Gasteiger partial charge in [0.1, 0.15) is 5.69 Å². The topological polar surface area (TPSA) is 98.0 Å². The molecule has 1 amide bonds. The van der Waals surface area contributed by atoms with Gasteiger partial charge in [-0.1, -0.05) is 30.3 Å². The second-order valence-electron chi connectivity index (χ2n) is 5.48. The number of Topliss-reactive ketones (excluding diaryl/α,β-unsaturated/α-hetero) is 1. The van der Waals surface area contributed by atoms with Crippen molar-refractivity contribution in [2.75, 3.05) is 11.1 Å². The predicted octanol–water partition coefficient (Wildman–Crippen LogP) is 3.18. The highest BCUT2D eigenvalue weighted by molar-refractivity contribution is 6.05. The fourth-order valence-corrected chi connectivity index (χ4v) is 2.40. The quantitative estimate of drug-likeness (QED) is 0.565. The van der Waals surface area contributed by atoms with Crippen LogP contribution in [0.5, 0.6) is 0 Å². The fraction of sp³-hybridized carbons (Fsp3) is 0.0526. The number of benzene rings is 2. The van der Waals surface area contributed by atoms with Gasteiger partial charge in [-0.25, -0.2) is 4.98 Å². The second kappa shape index (κ2) is 6.92. The van der Waals surface area contributed by atoms with Gasteiger partial charge in [0.05, 0.1) is 11.9 Å². The number of nitrogens with zero attached hydrogens (tertiary/aromatic N) is 2. The van der Waals surface area contributed by atoms with Gasteiger partial charge in [0.25, 0.3) is 5.91 Å². The molecule has 0 aliphatic rings. The van der Waals surface area contributed by atoms with E-state index in [1.807, 2.05) is 18.2 Å². The van der Waals surface area contributed by atoms with Crippen molar-refractivity contribution in [3.05, 3.63) is 72.3 Å². The summed E-state index contributed by atoms with van der Waals surface area (Å²) in [4.78, 5) is 31.7. The van der Waals surface area contributed by atoms with Gasteiger partial charge in [-0.2, -0.15) is 0 Å². The van der Waals surface area contributed by atoms with Crippen molar-refractivity contribution in [2.45, 2.75) is 6.92 Å². The first-order valence-electron chi connectivity index (χ1n) is 7.63. The Morgan fingerprint density at radius 1 is 1.04 bits per heavy atom. The highest BCUT2D eigenvalue weighted by Crippen LogP contribution is 2.30. The van der Waals surface area contributed by atoms with Crippen molar-refractivity contribution in [3.8, 4) is 11.1 Å². The molecule has 3 rings (SSSR count). The zero-order valence-corrected chi connectivity index (χ0v) is 13.6. The minimum absolute atomic E-state index is 0.0000318. The summed E-state index contributed by atoms with van der Waals surface area (Å²) in [5, 5.41) is 2.82. The molecule has 0 atom stereocenters. The number of nitrogens with one attached hydrogen (secondary N) is 1. The van der Waals surface area contributed by atoms with Crippen molar-refractivity contribution in [2.24, 2.45) is 0 Å². The number of hydrogen-bond acceptors (Lipinski definition) is 5. The first-order chi connectivity index (χ1) is 12.0. The van der Waals surface area contributed by atoms with Crippen LogP contribution in [0.4, 0.5) is 11.4 Å². The zero-order valence-electron chi connectivity index (χ0n) is 13.6. The molecule has 0 aliphatic heterocycles. The van der Waals surface area contributed by atoms with E-state index in [-0.39, 0.29) is 17.4 Å². The number of carbonyl (C=O) groups excluding carboxylic acids is 2. The molecule has 0 aliphatic carbocycles. The number of amides is 1. The smallest absolute Gasteiger partial charge is 0.275 e. The Morgan fingerprint density at radius 2 is 1.80 bits per heavy atom. The molecular weight excluding hydrogens is 316 g/mol. The van der Waals surface area contributed by atoms with Crippen LogP contribution in [0.1, 0.15) is 27.8 Å². The highest BCUT2D eigenvalue weighted by Gasteiger charge is 2.12. The van der Waals surface area contributed by atoms with Gasteiger partial charge in [-0.05, 0) is 24.6 Å². The molecule has 1 aromatic heterocycles. The van der Waals surface area contributed by atoms with Crippen molar-refractivity contribution in [3.63, 3.8) is 0 Å². The fourth-order valence-electron chi connectivity index (χ4n) is 2.40. The molecule has 6 nitrogen and oxygen atoms in total. The van der Waals surface area contributed by atoms with E-state index in [1.165, 1.54) is 25.5 Å². The van der Waals surface area contributed by atoms with Gasteiger partial charge < -0.3 is 11.1 Å². The van der Waals surface area contributed by atoms with E-state index >= 15 is 0 Å². The van der Waals surface area contributed by atoms with Crippen LogP contribution in [0, 0.1) is 0 Å².